The monoisotopic (exact) mass is 358 g/mol. The molecule has 0 atom stereocenters. The zero-order valence-electron chi connectivity index (χ0n) is 14.6. The highest BCUT2D eigenvalue weighted by atomic mass is 16.7. The fourth-order valence-electron chi connectivity index (χ4n) is 2.65. The molecule has 1 aliphatic heterocycles. The molecule has 7 heteroatoms. The highest BCUT2D eigenvalue weighted by Crippen LogP contribution is 2.45. The molecule has 3 rings (SSSR count). The standard InChI is InChI=1S/C19H18O7/c1-22-16-9-13(21)17(19(24-3)18(16)23-2)12(20)6-4-11-5-7-14-15(8-11)26-10-25-14/h4-9,21H,10H2,1-3H3/b6-4+. The van der Waals surface area contributed by atoms with Crippen LogP contribution in [0.5, 0.6) is 34.5 Å². The van der Waals surface area contributed by atoms with Crippen LogP contribution in [0.4, 0.5) is 0 Å². The number of phenols is 1. The Balaban J connectivity index is 1.94. The molecule has 1 N–H and O–H groups in total. The van der Waals surface area contributed by atoms with E-state index in [0.717, 1.165) is 5.56 Å². The van der Waals surface area contributed by atoms with Gasteiger partial charge in [0.15, 0.2) is 28.8 Å². The number of ether oxygens (including phenoxy) is 5. The first-order valence-electron chi connectivity index (χ1n) is 7.73. The molecule has 0 aliphatic carbocycles. The highest BCUT2D eigenvalue weighted by Gasteiger charge is 2.24. The summed E-state index contributed by atoms with van der Waals surface area (Å²) in [7, 11) is 4.24. The van der Waals surface area contributed by atoms with E-state index in [4.69, 9.17) is 23.7 Å². The van der Waals surface area contributed by atoms with Crippen LogP contribution in [0.15, 0.2) is 30.3 Å². The molecule has 0 fully saturated rings. The van der Waals surface area contributed by atoms with Gasteiger partial charge >= 0.3 is 0 Å². The average Bonchev–Trinajstić information content (AvgIpc) is 3.12. The van der Waals surface area contributed by atoms with Gasteiger partial charge in [-0.1, -0.05) is 12.1 Å². The third kappa shape index (κ3) is 3.11. The zero-order valence-corrected chi connectivity index (χ0v) is 14.6. The molecule has 136 valence electrons. The van der Waals surface area contributed by atoms with Crippen molar-refractivity contribution < 1.29 is 33.6 Å². The van der Waals surface area contributed by atoms with Crippen LogP contribution in [0.3, 0.4) is 0 Å². The third-order valence-electron chi connectivity index (χ3n) is 3.88. The second-order valence-electron chi connectivity index (χ2n) is 5.35. The summed E-state index contributed by atoms with van der Waals surface area (Å²) >= 11 is 0. The number of ketones is 1. The van der Waals surface area contributed by atoms with Crippen molar-refractivity contribution in [3.05, 3.63) is 41.5 Å². The van der Waals surface area contributed by atoms with E-state index in [-0.39, 0.29) is 35.4 Å². The predicted octanol–water partition coefficient (Wildman–Crippen LogP) is 3.04. The molecule has 2 aromatic carbocycles. The Morgan fingerprint density at radius 3 is 2.46 bits per heavy atom. The quantitative estimate of drug-likeness (QED) is 0.628. The number of hydrogen-bond acceptors (Lipinski definition) is 7. The van der Waals surface area contributed by atoms with Gasteiger partial charge in [-0.25, -0.2) is 0 Å². The summed E-state index contributed by atoms with van der Waals surface area (Å²) in [5.41, 5.74) is 0.740. The summed E-state index contributed by atoms with van der Waals surface area (Å²) in [5.74, 6) is 1.16. The smallest absolute Gasteiger partial charge is 0.231 e. The van der Waals surface area contributed by atoms with E-state index in [2.05, 4.69) is 0 Å². The summed E-state index contributed by atoms with van der Waals surface area (Å²) in [4.78, 5) is 12.6. The topological polar surface area (TPSA) is 83.5 Å². The Kier molecular flexibility index (Phi) is 4.88. The second-order valence-corrected chi connectivity index (χ2v) is 5.35. The maximum atomic E-state index is 12.6. The number of carbonyl (C=O) groups excluding carboxylic acids is 1. The van der Waals surface area contributed by atoms with Crippen molar-refractivity contribution in [2.24, 2.45) is 0 Å². The minimum absolute atomic E-state index is 0.0119. The van der Waals surface area contributed by atoms with E-state index >= 15 is 0 Å². The summed E-state index contributed by atoms with van der Waals surface area (Å²) in [6, 6.07) is 6.63. The second kappa shape index (κ2) is 7.26. The number of hydrogen-bond donors (Lipinski definition) is 1. The van der Waals surface area contributed by atoms with Gasteiger partial charge < -0.3 is 28.8 Å². The number of benzene rings is 2. The van der Waals surface area contributed by atoms with Gasteiger partial charge in [0.25, 0.3) is 0 Å². The van der Waals surface area contributed by atoms with Crippen molar-refractivity contribution in [2.75, 3.05) is 28.1 Å². The van der Waals surface area contributed by atoms with E-state index in [9.17, 15) is 9.90 Å². The van der Waals surface area contributed by atoms with Crippen molar-refractivity contribution in [3.63, 3.8) is 0 Å². The molecular formula is C19H18O7. The number of methoxy groups -OCH3 is 3. The summed E-state index contributed by atoms with van der Waals surface area (Å²) in [6.45, 7) is 0.179. The maximum Gasteiger partial charge on any atom is 0.231 e. The lowest BCUT2D eigenvalue weighted by Crippen LogP contribution is -2.03. The van der Waals surface area contributed by atoms with Gasteiger partial charge in [0.1, 0.15) is 11.3 Å². The SMILES string of the molecule is COc1cc(O)c(C(=O)/C=C/c2ccc3c(c2)OCO3)c(OC)c1OC. The van der Waals surface area contributed by atoms with Gasteiger partial charge in [0, 0.05) is 6.07 Å². The molecule has 0 aromatic heterocycles. The van der Waals surface area contributed by atoms with Crippen LogP contribution in [0.25, 0.3) is 6.08 Å². The van der Waals surface area contributed by atoms with E-state index in [1.807, 2.05) is 0 Å². The molecule has 2 aromatic rings. The number of rotatable bonds is 6. The van der Waals surface area contributed by atoms with Crippen molar-refractivity contribution in [1.29, 1.82) is 0 Å². The van der Waals surface area contributed by atoms with E-state index in [1.54, 1.807) is 24.3 Å². The lowest BCUT2D eigenvalue weighted by atomic mass is 10.0. The van der Waals surface area contributed by atoms with Crippen LogP contribution < -0.4 is 23.7 Å². The van der Waals surface area contributed by atoms with Crippen LogP contribution in [-0.4, -0.2) is 39.0 Å². The molecule has 7 nitrogen and oxygen atoms in total. The fourth-order valence-corrected chi connectivity index (χ4v) is 2.65. The van der Waals surface area contributed by atoms with Gasteiger partial charge in [-0.3, -0.25) is 4.79 Å². The molecule has 0 radical (unpaired) electrons. The Bertz CT molecular complexity index is 871. The first kappa shape index (κ1) is 17.5. The van der Waals surface area contributed by atoms with Gasteiger partial charge in [0.05, 0.1) is 21.3 Å². The number of phenolic OH excluding ortho intramolecular Hbond substituents is 1. The number of aromatic hydroxyl groups is 1. The lowest BCUT2D eigenvalue weighted by Gasteiger charge is -2.15. The Hall–Kier alpha value is -3.35. The van der Waals surface area contributed by atoms with Crippen molar-refractivity contribution in [3.8, 4) is 34.5 Å². The molecule has 0 bridgehead atoms. The molecule has 0 saturated heterocycles. The van der Waals surface area contributed by atoms with Gasteiger partial charge in [-0.2, -0.15) is 0 Å². The number of carbonyl (C=O) groups is 1. The van der Waals surface area contributed by atoms with Gasteiger partial charge in [0.2, 0.25) is 12.5 Å². The average molecular weight is 358 g/mol. The molecular weight excluding hydrogens is 340 g/mol. The largest absolute Gasteiger partial charge is 0.507 e. The molecule has 0 unspecified atom stereocenters. The summed E-state index contributed by atoms with van der Waals surface area (Å²) in [6.07, 6.45) is 2.95. The normalized spacial score (nSPS) is 12.3. The van der Waals surface area contributed by atoms with Crippen LogP contribution in [0, 0.1) is 0 Å². The minimum Gasteiger partial charge on any atom is -0.507 e. The van der Waals surface area contributed by atoms with Crippen LogP contribution >= 0.6 is 0 Å². The van der Waals surface area contributed by atoms with Crippen LogP contribution in [0.1, 0.15) is 15.9 Å². The summed E-state index contributed by atoms with van der Waals surface area (Å²) < 4.78 is 26.2. The maximum absolute atomic E-state index is 12.6. The predicted molar refractivity (Wildman–Crippen MR) is 93.7 cm³/mol. The Morgan fingerprint density at radius 1 is 1.04 bits per heavy atom. The Labute approximate surface area is 150 Å². The molecule has 0 amide bonds. The minimum atomic E-state index is -0.446. The number of fused-ring (bicyclic) bond motifs is 1. The first-order valence-corrected chi connectivity index (χ1v) is 7.73. The highest BCUT2D eigenvalue weighted by molar-refractivity contribution is 6.11. The molecule has 26 heavy (non-hydrogen) atoms. The van der Waals surface area contributed by atoms with Crippen molar-refractivity contribution in [2.45, 2.75) is 0 Å². The van der Waals surface area contributed by atoms with Crippen LogP contribution in [-0.2, 0) is 0 Å². The number of allylic oxidation sites excluding steroid dienone is 1. The van der Waals surface area contributed by atoms with Gasteiger partial charge in [-0.05, 0) is 23.8 Å². The first-order chi connectivity index (χ1) is 12.6. The third-order valence-corrected chi connectivity index (χ3v) is 3.88. The molecule has 1 aliphatic rings. The van der Waals surface area contributed by atoms with Gasteiger partial charge in [-0.15, -0.1) is 0 Å². The van der Waals surface area contributed by atoms with E-state index < -0.39 is 5.78 Å². The van der Waals surface area contributed by atoms with E-state index in [1.165, 1.54) is 33.5 Å². The van der Waals surface area contributed by atoms with Crippen molar-refractivity contribution in [1.82, 2.24) is 0 Å². The summed E-state index contributed by atoms with van der Waals surface area (Å²) in [5, 5.41) is 10.2. The zero-order chi connectivity index (χ0) is 18.7. The fraction of sp³-hybridized carbons (Fsp3) is 0.211. The lowest BCUT2D eigenvalue weighted by molar-refractivity contribution is 0.104. The van der Waals surface area contributed by atoms with Crippen LogP contribution in [0.2, 0.25) is 0 Å². The van der Waals surface area contributed by atoms with E-state index in [0.29, 0.717) is 11.5 Å². The Morgan fingerprint density at radius 2 is 1.77 bits per heavy atom. The van der Waals surface area contributed by atoms with Crippen molar-refractivity contribution >= 4 is 11.9 Å². The molecule has 1 heterocycles. The molecule has 0 spiro atoms. The molecule has 0 saturated carbocycles.